The molecule has 1 atom stereocenters. The maximum atomic E-state index is 11.8. The molecule has 20 heavy (non-hydrogen) atoms. The highest BCUT2D eigenvalue weighted by molar-refractivity contribution is 5.85. The van der Waals surface area contributed by atoms with Crippen molar-refractivity contribution in [1.29, 1.82) is 0 Å². The first-order chi connectivity index (χ1) is 9.39. The van der Waals surface area contributed by atoms with Crippen molar-refractivity contribution < 1.29 is 4.79 Å². The minimum atomic E-state index is -0.495. The largest absolute Gasteiger partial charge is 0.369 e. The molecule has 1 heterocycles. The van der Waals surface area contributed by atoms with Gasteiger partial charge in [0.05, 0.1) is 5.69 Å². The highest BCUT2D eigenvalue weighted by Gasteiger charge is 2.22. The van der Waals surface area contributed by atoms with Crippen LogP contribution in [0.2, 0.25) is 0 Å². The van der Waals surface area contributed by atoms with E-state index in [1.807, 2.05) is 42.5 Å². The van der Waals surface area contributed by atoms with Crippen molar-refractivity contribution in [2.45, 2.75) is 32.1 Å². The fourth-order valence-corrected chi connectivity index (χ4v) is 2.20. The maximum Gasteiger partial charge on any atom is 0.231 e. The Balaban J connectivity index is 2.39. The van der Waals surface area contributed by atoms with Gasteiger partial charge in [0, 0.05) is 6.20 Å². The van der Waals surface area contributed by atoms with Gasteiger partial charge in [-0.25, -0.2) is 0 Å². The first kappa shape index (κ1) is 14.3. The predicted molar refractivity (Wildman–Crippen MR) is 80.4 cm³/mol. The highest BCUT2D eigenvalue weighted by atomic mass is 16.1. The van der Waals surface area contributed by atoms with E-state index in [2.05, 4.69) is 25.8 Å². The quantitative estimate of drug-likeness (QED) is 0.930. The van der Waals surface area contributed by atoms with Crippen LogP contribution in [0.25, 0.3) is 0 Å². The second-order valence-corrected chi connectivity index (χ2v) is 5.96. The molecule has 3 heteroatoms. The van der Waals surface area contributed by atoms with E-state index >= 15 is 0 Å². The van der Waals surface area contributed by atoms with Gasteiger partial charge in [-0.05, 0) is 28.7 Å². The molecule has 2 rings (SSSR count). The number of benzene rings is 1. The first-order valence-corrected chi connectivity index (χ1v) is 6.70. The van der Waals surface area contributed by atoms with Crippen LogP contribution in [0.15, 0.2) is 48.7 Å². The van der Waals surface area contributed by atoms with Crippen LogP contribution in [-0.4, -0.2) is 10.9 Å². The molecule has 2 aromatic rings. The van der Waals surface area contributed by atoms with Crippen LogP contribution < -0.4 is 5.73 Å². The van der Waals surface area contributed by atoms with Crippen molar-refractivity contribution in [2.24, 2.45) is 5.73 Å². The maximum absolute atomic E-state index is 11.8. The Morgan fingerprint density at radius 1 is 1.10 bits per heavy atom. The van der Waals surface area contributed by atoms with Crippen LogP contribution in [0.5, 0.6) is 0 Å². The lowest BCUT2D eigenvalue weighted by molar-refractivity contribution is -0.118. The fourth-order valence-electron chi connectivity index (χ4n) is 2.20. The number of hydrogen-bond donors (Lipinski definition) is 1. The van der Waals surface area contributed by atoms with Gasteiger partial charge in [-0.1, -0.05) is 51.1 Å². The Morgan fingerprint density at radius 2 is 1.75 bits per heavy atom. The van der Waals surface area contributed by atoms with Crippen molar-refractivity contribution in [1.82, 2.24) is 4.98 Å². The molecule has 3 nitrogen and oxygen atoms in total. The van der Waals surface area contributed by atoms with Crippen LogP contribution in [0.1, 0.15) is 43.5 Å². The van der Waals surface area contributed by atoms with E-state index < -0.39 is 5.92 Å². The monoisotopic (exact) mass is 268 g/mol. The third-order valence-corrected chi connectivity index (χ3v) is 3.38. The number of carbonyl (C=O) groups is 1. The molecular weight excluding hydrogens is 248 g/mol. The van der Waals surface area contributed by atoms with E-state index in [1.165, 1.54) is 5.56 Å². The van der Waals surface area contributed by atoms with Crippen molar-refractivity contribution in [2.75, 3.05) is 0 Å². The van der Waals surface area contributed by atoms with Crippen molar-refractivity contribution in [3.8, 4) is 0 Å². The standard InChI is InChI=1S/C17H20N2O/c1-17(2,3)13-9-7-12(8-10-13)15(16(18)20)14-6-4-5-11-19-14/h4-11,15H,1-3H3,(H2,18,20). The molecule has 1 unspecified atom stereocenters. The first-order valence-electron chi connectivity index (χ1n) is 6.70. The normalized spacial score (nSPS) is 12.9. The van der Waals surface area contributed by atoms with Gasteiger partial charge in [0.1, 0.15) is 5.92 Å². The smallest absolute Gasteiger partial charge is 0.231 e. The molecule has 0 spiro atoms. The van der Waals surface area contributed by atoms with Gasteiger partial charge < -0.3 is 5.73 Å². The molecular formula is C17H20N2O. The van der Waals surface area contributed by atoms with E-state index in [0.29, 0.717) is 5.69 Å². The summed E-state index contributed by atoms with van der Waals surface area (Å²) >= 11 is 0. The second-order valence-electron chi connectivity index (χ2n) is 5.96. The summed E-state index contributed by atoms with van der Waals surface area (Å²) in [6.45, 7) is 6.48. The summed E-state index contributed by atoms with van der Waals surface area (Å²) in [5, 5.41) is 0. The molecule has 0 aliphatic rings. The SMILES string of the molecule is CC(C)(C)c1ccc(C(C(N)=O)c2ccccn2)cc1. The number of aromatic nitrogens is 1. The topological polar surface area (TPSA) is 56.0 Å². The lowest BCUT2D eigenvalue weighted by Crippen LogP contribution is -2.23. The summed E-state index contributed by atoms with van der Waals surface area (Å²) in [4.78, 5) is 16.0. The average Bonchev–Trinajstić information content (AvgIpc) is 2.39. The summed E-state index contributed by atoms with van der Waals surface area (Å²) in [5.41, 5.74) is 8.42. The van der Waals surface area contributed by atoms with Crippen molar-refractivity contribution in [3.63, 3.8) is 0 Å². The molecule has 0 bridgehead atoms. The van der Waals surface area contributed by atoms with E-state index in [9.17, 15) is 4.79 Å². The lowest BCUT2D eigenvalue weighted by Gasteiger charge is -2.20. The van der Waals surface area contributed by atoms with E-state index in [1.54, 1.807) is 6.20 Å². The molecule has 2 N–H and O–H groups in total. The van der Waals surface area contributed by atoms with Gasteiger partial charge in [-0.15, -0.1) is 0 Å². The number of primary amides is 1. The molecule has 1 aromatic heterocycles. The zero-order chi connectivity index (χ0) is 14.8. The second kappa shape index (κ2) is 5.45. The Morgan fingerprint density at radius 3 is 2.20 bits per heavy atom. The van der Waals surface area contributed by atoms with E-state index in [4.69, 9.17) is 5.73 Å². The van der Waals surface area contributed by atoms with Crippen LogP contribution in [0.3, 0.4) is 0 Å². The number of carbonyl (C=O) groups excluding carboxylic acids is 1. The van der Waals surface area contributed by atoms with Crippen molar-refractivity contribution >= 4 is 5.91 Å². The van der Waals surface area contributed by atoms with E-state index in [0.717, 1.165) is 5.56 Å². The van der Waals surface area contributed by atoms with Gasteiger partial charge >= 0.3 is 0 Å². The Kier molecular flexibility index (Phi) is 3.89. The van der Waals surface area contributed by atoms with Gasteiger partial charge in [-0.3, -0.25) is 9.78 Å². The number of nitrogens with zero attached hydrogens (tertiary/aromatic N) is 1. The molecule has 0 aliphatic heterocycles. The zero-order valence-electron chi connectivity index (χ0n) is 12.1. The summed E-state index contributed by atoms with van der Waals surface area (Å²) in [6.07, 6.45) is 1.68. The lowest BCUT2D eigenvalue weighted by atomic mass is 9.85. The predicted octanol–water partition coefficient (Wildman–Crippen LogP) is 3.00. The van der Waals surface area contributed by atoms with Gasteiger partial charge in [0.2, 0.25) is 5.91 Å². The van der Waals surface area contributed by atoms with Gasteiger partial charge in [-0.2, -0.15) is 0 Å². The molecule has 0 radical (unpaired) electrons. The minimum Gasteiger partial charge on any atom is -0.369 e. The molecule has 0 saturated carbocycles. The Hall–Kier alpha value is -2.16. The minimum absolute atomic E-state index is 0.0890. The Labute approximate surface area is 119 Å². The molecule has 0 saturated heterocycles. The van der Waals surface area contributed by atoms with Crippen LogP contribution >= 0.6 is 0 Å². The summed E-state index contributed by atoms with van der Waals surface area (Å²) < 4.78 is 0. The van der Waals surface area contributed by atoms with E-state index in [-0.39, 0.29) is 11.3 Å². The summed E-state index contributed by atoms with van der Waals surface area (Å²) in [5.74, 6) is -0.877. The van der Waals surface area contributed by atoms with Crippen molar-refractivity contribution in [3.05, 3.63) is 65.5 Å². The molecule has 0 fully saturated rings. The van der Waals surface area contributed by atoms with Gasteiger partial charge in [0.15, 0.2) is 0 Å². The van der Waals surface area contributed by atoms with Gasteiger partial charge in [0.25, 0.3) is 0 Å². The summed E-state index contributed by atoms with van der Waals surface area (Å²) in [7, 11) is 0. The average molecular weight is 268 g/mol. The number of amides is 1. The molecule has 0 aliphatic carbocycles. The number of pyridine rings is 1. The zero-order valence-corrected chi connectivity index (χ0v) is 12.1. The van der Waals surface area contributed by atoms with Crippen LogP contribution in [0, 0.1) is 0 Å². The third kappa shape index (κ3) is 3.05. The number of hydrogen-bond acceptors (Lipinski definition) is 2. The molecule has 1 amide bonds. The molecule has 104 valence electrons. The van der Waals surface area contributed by atoms with Crippen LogP contribution in [-0.2, 0) is 10.2 Å². The summed E-state index contributed by atoms with van der Waals surface area (Å²) in [6, 6.07) is 13.5. The van der Waals surface area contributed by atoms with Crippen LogP contribution in [0.4, 0.5) is 0 Å². The number of rotatable bonds is 3. The Bertz CT molecular complexity index is 583. The highest BCUT2D eigenvalue weighted by Crippen LogP contribution is 2.27. The fraction of sp³-hybridized carbons (Fsp3) is 0.294. The molecule has 1 aromatic carbocycles. The third-order valence-electron chi connectivity index (χ3n) is 3.38. The number of nitrogens with two attached hydrogens (primary N) is 1.